The number of aromatic nitrogens is 1. The summed E-state index contributed by atoms with van der Waals surface area (Å²) in [4.78, 5) is 62.6. The number of hydrogen-bond donors (Lipinski definition) is 2. The first-order valence-corrected chi connectivity index (χ1v) is 16.8. The zero-order valence-corrected chi connectivity index (χ0v) is 28.7. The molecular formula is C37H39F3N6O5. The fourth-order valence-electron chi connectivity index (χ4n) is 7.19. The predicted molar refractivity (Wildman–Crippen MR) is 180 cm³/mol. The monoisotopic (exact) mass is 704 g/mol. The van der Waals surface area contributed by atoms with Crippen LogP contribution >= 0.6 is 0 Å². The summed E-state index contributed by atoms with van der Waals surface area (Å²) < 4.78 is 44.0. The molecule has 1 aliphatic carbocycles. The number of rotatable bonds is 9. The second kappa shape index (κ2) is 13.2. The Labute approximate surface area is 293 Å². The smallest absolute Gasteiger partial charge is 0.403 e. The van der Waals surface area contributed by atoms with Crippen molar-refractivity contribution in [2.75, 3.05) is 18.9 Å². The number of halogens is 3. The molecule has 268 valence electrons. The zero-order chi connectivity index (χ0) is 36.9. The number of pyridine rings is 1. The van der Waals surface area contributed by atoms with Crippen LogP contribution in [0.4, 0.5) is 18.9 Å². The number of alkyl halides is 3. The second-order valence-electron chi connectivity index (χ2n) is 14.9. The van der Waals surface area contributed by atoms with E-state index >= 15 is 0 Å². The van der Waals surface area contributed by atoms with Gasteiger partial charge in [-0.15, -0.1) is 13.2 Å². The van der Waals surface area contributed by atoms with Gasteiger partial charge in [-0.05, 0) is 54.0 Å². The highest BCUT2D eigenvalue weighted by molar-refractivity contribution is 6.07. The quantitative estimate of drug-likeness (QED) is 0.307. The first-order valence-electron chi connectivity index (χ1n) is 16.8. The number of nitrogens with one attached hydrogen (secondary N) is 2. The van der Waals surface area contributed by atoms with E-state index in [1.165, 1.54) is 41.2 Å². The molecule has 0 radical (unpaired) electrons. The van der Waals surface area contributed by atoms with Crippen LogP contribution in [0, 0.1) is 22.7 Å². The van der Waals surface area contributed by atoms with E-state index in [9.17, 15) is 37.6 Å². The molecule has 2 aromatic carbocycles. The summed E-state index contributed by atoms with van der Waals surface area (Å²) in [5.74, 6) is -2.66. The molecule has 1 spiro atoms. The summed E-state index contributed by atoms with van der Waals surface area (Å²) in [7, 11) is 1.48. The van der Waals surface area contributed by atoms with Crippen LogP contribution in [-0.4, -0.2) is 76.5 Å². The Balaban J connectivity index is 1.28. The molecule has 14 heteroatoms. The molecule has 4 amide bonds. The number of anilines is 1. The summed E-state index contributed by atoms with van der Waals surface area (Å²) in [5.41, 5.74) is -0.489. The van der Waals surface area contributed by atoms with Gasteiger partial charge in [0.1, 0.15) is 23.6 Å². The first-order chi connectivity index (χ1) is 24.0. The van der Waals surface area contributed by atoms with Gasteiger partial charge in [-0.1, -0.05) is 57.9 Å². The number of benzene rings is 2. The molecule has 0 unspecified atom stereocenters. The Morgan fingerprint density at radius 3 is 2.55 bits per heavy atom. The van der Waals surface area contributed by atoms with Crippen molar-refractivity contribution in [2.24, 2.45) is 11.3 Å². The third-order valence-corrected chi connectivity index (χ3v) is 9.85. The molecule has 1 saturated heterocycles. The summed E-state index contributed by atoms with van der Waals surface area (Å²) in [6.07, 6.45) is -1.49. The van der Waals surface area contributed by atoms with Gasteiger partial charge in [0.25, 0.3) is 5.91 Å². The van der Waals surface area contributed by atoms with Crippen molar-refractivity contribution in [1.82, 2.24) is 20.1 Å². The van der Waals surface area contributed by atoms with Gasteiger partial charge in [-0.25, -0.2) is 0 Å². The lowest BCUT2D eigenvalue weighted by Gasteiger charge is -2.37. The lowest BCUT2D eigenvalue weighted by atomic mass is 9.80. The highest BCUT2D eigenvalue weighted by Gasteiger charge is 2.57. The Morgan fingerprint density at radius 2 is 1.88 bits per heavy atom. The van der Waals surface area contributed by atoms with Gasteiger partial charge < -0.3 is 25.2 Å². The third-order valence-electron chi connectivity index (χ3n) is 9.85. The molecule has 2 N–H and O–H groups in total. The topological polar surface area (TPSA) is 145 Å². The van der Waals surface area contributed by atoms with Crippen molar-refractivity contribution >= 4 is 40.2 Å². The lowest BCUT2D eigenvalue weighted by Crippen LogP contribution is -2.56. The number of amides is 4. The summed E-state index contributed by atoms with van der Waals surface area (Å²) in [6.45, 7) is 5.70. The van der Waals surface area contributed by atoms with Crippen LogP contribution in [0.5, 0.6) is 5.75 Å². The largest absolute Gasteiger partial charge is 0.573 e. The maximum absolute atomic E-state index is 14.5. The van der Waals surface area contributed by atoms with Crippen LogP contribution in [0.15, 0.2) is 54.7 Å². The number of likely N-dealkylation sites (N-methyl/N-ethyl adjacent to an activating group) is 1. The summed E-state index contributed by atoms with van der Waals surface area (Å²) >= 11 is 0. The number of likely N-dealkylation sites (tertiary alicyclic amines) is 1. The fourth-order valence-corrected chi connectivity index (χ4v) is 7.19. The van der Waals surface area contributed by atoms with Gasteiger partial charge in [0.2, 0.25) is 17.7 Å². The minimum absolute atomic E-state index is 0.0447. The van der Waals surface area contributed by atoms with E-state index in [1.807, 2.05) is 26.8 Å². The van der Waals surface area contributed by atoms with Crippen molar-refractivity contribution in [3.8, 4) is 11.8 Å². The summed E-state index contributed by atoms with van der Waals surface area (Å²) in [5, 5.41) is 16.0. The van der Waals surface area contributed by atoms with Crippen LogP contribution in [0.3, 0.4) is 0 Å². The Bertz CT molecular complexity index is 1930. The SMILES string of the molecule is CN(C(=O)[C@H](CC1CC1)NC(=O)c1cc(OC(F)(F)F)c2ncccc2c1)[C@@H](CC(C)(C)C)C(=O)N1C[C@]2(C[C@H]1C#N)C(=O)Nc1ccccc12. The Hall–Kier alpha value is -5.19. The van der Waals surface area contributed by atoms with Gasteiger partial charge in [0, 0.05) is 42.8 Å². The maximum atomic E-state index is 14.5. The molecule has 6 rings (SSSR count). The normalized spacial score (nSPS) is 21.1. The lowest BCUT2D eigenvalue weighted by molar-refractivity contribution is -0.274. The molecule has 11 nitrogen and oxygen atoms in total. The molecule has 2 aliphatic heterocycles. The average Bonchev–Trinajstić information content (AvgIpc) is 3.74. The third kappa shape index (κ3) is 7.34. The minimum Gasteiger partial charge on any atom is -0.403 e. The molecular weight excluding hydrogens is 665 g/mol. The maximum Gasteiger partial charge on any atom is 0.573 e. The van der Waals surface area contributed by atoms with E-state index in [1.54, 1.807) is 18.2 Å². The van der Waals surface area contributed by atoms with Crippen molar-refractivity contribution in [3.05, 3.63) is 65.9 Å². The van der Waals surface area contributed by atoms with Gasteiger partial charge >= 0.3 is 6.36 Å². The molecule has 1 saturated carbocycles. The van der Waals surface area contributed by atoms with Gasteiger partial charge in [0.05, 0.1) is 11.5 Å². The molecule has 0 bridgehead atoms. The van der Waals surface area contributed by atoms with Crippen molar-refractivity contribution < 1.29 is 37.1 Å². The number of ether oxygens (including phenoxy) is 1. The highest BCUT2D eigenvalue weighted by Crippen LogP contribution is 2.47. The Kier molecular flexibility index (Phi) is 9.20. The van der Waals surface area contributed by atoms with E-state index in [-0.39, 0.29) is 54.1 Å². The fraction of sp³-hybridized carbons (Fsp3) is 0.459. The standard InChI is InChI=1S/C37H39F3N6O5/c1-35(2,3)18-28(33(49)46-20-36(17-24(46)19-41)25-9-5-6-10-26(25)44-34(36)50)45(4)32(48)27(14-21-11-12-21)43-31(47)23-15-22-8-7-13-42-30(22)29(16-23)51-37(38,39)40/h5-10,13,15-16,21,24,27-28H,11-12,14,17-18,20H2,1-4H3,(H,43,47)(H,44,50)/t24-,27-,28-,36-/m0/s1. The van der Waals surface area contributed by atoms with E-state index in [2.05, 4.69) is 26.4 Å². The molecule has 3 heterocycles. The van der Waals surface area contributed by atoms with E-state index < -0.39 is 58.8 Å². The van der Waals surface area contributed by atoms with Gasteiger partial charge in [-0.3, -0.25) is 24.2 Å². The Morgan fingerprint density at radius 1 is 1.16 bits per heavy atom. The van der Waals surface area contributed by atoms with Crippen LogP contribution < -0.4 is 15.4 Å². The molecule has 3 aliphatic rings. The van der Waals surface area contributed by atoms with Gasteiger partial charge in [-0.2, -0.15) is 5.26 Å². The molecule has 51 heavy (non-hydrogen) atoms. The molecule has 1 aromatic heterocycles. The number of para-hydroxylation sites is 1. The predicted octanol–water partition coefficient (Wildman–Crippen LogP) is 5.31. The number of nitrogens with zero attached hydrogens (tertiary/aromatic N) is 4. The van der Waals surface area contributed by atoms with Crippen molar-refractivity contribution in [2.45, 2.75) is 82.8 Å². The van der Waals surface area contributed by atoms with E-state index in [4.69, 9.17) is 0 Å². The van der Waals surface area contributed by atoms with Crippen LogP contribution in [0.2, 0.25) is 0 Å². The van der Waals surface area contributed by atoms with Crippen molar-refractivity contribution in [3.63, 3.8) is 0 Å². The second-order valence-corrected chi connectivity index (χ2v) is 14.9. The number of hydrogen-bond acceptors (Lipinski definition) is 7. The first kappa shape index (κ1) is 35.6. The van der Waals surface area contributed by atoms with E-state index in [0.717, 1.165) is 18.9 Å². The van der Waals surface area contributed by atoms with Crippen molar-refractivity contribution in [1.29, 1.82) is 5.26 Å². The average molecular weight is 705 g/mol. The molecule has 4 atom stereocenters. The van der Waals surface area contributed by atoms with E-state index in [0.29, 0.717) is 11.3 Å². The van der Waals surface area contributed by atoms with Crippen LogP contribution in [0.1, 0.15) is 68.8 Å². The molecule has 3 aromatic rings. The van der Waals surface area contributed by atoms with Gasteiger partial charge in [0.15, 0.2) is 5.75 Å². The minimum atomic E-state index is -5.04. The number of fused-ring (bicyclic) bond motifs is 3. The summed E-state index contributed by atoms with van der Waals surface area (Å²) in [6, 6.07) is 11.6. The highest BCUT2D eigenvalue weighted by atomic mass is 19.4. The zero-order valence-electron chi connectivity index (χ0n) is 28.7. The number of carbonyl (C=O) groups excluding carboxylic acids is 4. The number of nitriles is 1. The van der Waals surface area contributed by atoms with Crippen LogP contribution in [0.25, 0.3) is 10.9 Å². The molecule has 2 fully saturated rings. The number of carbonyl (C=O) groups is 4. The van der Waals surface area contributed by atoms with Crippen LogP contribution in [-0.2, 0) is 19.8 Å².